The van der Waals surface area contributed by atoms with Gasteiger partial charge >= 0.3 is 0 Å². The van der Waals surface area contributed by atoms with E-state index in [-0.39, 0.29) is 18.2 Å². The Hall–Kier alpha value is -2.33. The van der Waals surface area contributed by atoms with Crippen molar-refractivity contribution in [3.63, 3.8) is 0 Å². The molecular formula is C20H22N2O2. The van der Waals surface area contributed by atoms with Crippen molar-refractivity contribution in [2.24, 2.45) is 0 Å². The molecule has 1 N–H and O–H groups in total. The van der Waals surface area contributed by atoms with Crippen molar-refractivity contribution < 1.29 is 9.53 Å². The molecule has 1 saturated heterocycles. The van der Waals surface area contributed by atoms with Crippen molar-refractivity contribution in [1.29, 1.82) is 0 Å². The largest absolute Gasteiger partial charge is 0.376 e. The zero-order chi connectivity index (χ0) is 16.5. The van der Waals surface area contributed by atoms with E-state index in [1.54, 1.807) is 0 Å². The Balaban J connectivity index is 1.70. The summed E-state index contributed by atoms with van der Waals surface area (Å²) < 4.78 is 5.77. The first-order valence-electron chi connectivity index (χ1n) is 8.57. The van der Waals surface area contributed by atoms with Gasteiger partial charge in [-0.1, -0.05) is 42.0 Å². The van der Waals surface area contributed by atoms with Gasteiger partial charge in [-0.3, -0.25) is 4.79 Å². The van der Waals surface area contributed by atoms with E-state index >= 15 is 0 Å². The molecule has 4 nitrogen and oxygen atoms in total. The monoisotopic (exact) mass is 322 g/mol. The minimum absolute atomic E-state index is 0.0745. The van der Waals surface area contributed by atoms with Crippen LogP contribution >= 0.6 is 0 Å². The van der Waals surface area contributed by atoms with Gasteiger partial charge in [0.25, 0.3) is 5.91 Å². The van der Waals surface area contributed by atoms with Crippen molar-refractivity contribution in [2.75, 3.05) is 18.5 Å². The first-order chi connectivity index (χ1) is 11.7. The van der Waals surface area contributed by atoms with Crippen molar-refractivity contribution >= 4 is 11.6 Å². The van der Waals surface area contributed by atoms with E-state index in [1.807, 2.05) is 29.2 Å². The summed E-state index contributed by atoms with van der Waals surface area (Å²) in [5.74, 6) is 0.0745. The molecule has 4 rings (SSSR count). The van der Waals surface area contributed by atoms with Crippen LogP contribution < -0.4 is 5.32 Å². The molecule has 1 amide bonds. The number of nitrogens with zero attached hydrogens (tertiary/aromatic N) is 1. The molecule has 124 valence electrons. The van der Waals surface area contributed by atoms with Crippen molar-refractivity contribution in [2.45, 2.75) is 32.0 Å². The molecule has 4 heteroatoms. The maximum absolute atomic E-state index is 13.1. The highest BCUT2D eigenvalue weighted by Gasteiger charge is 2.35. The zero-order valence-electron chi connectivity index (χ0n) is 13.9. The molecule has 0 spiro atoms. The standard InChI is InChI=1S/C20H22N2O2/c1-14-8-10-15(11-9-14)19-21-18-7-3-2-6-17(18)20(23)22(19)13-16-5-4-12-24-16/h2-3,6-11,16,19,21H,4-5,12-13H2,1H3/t16-,19-/m1/s1. The molecule has 0 saturated carbocycles. The number of carbonyl (C=O) groups excluding carboxylic acids is 1. The average molecular weight is 322 g/mol. The average Bonchev–Trinajstić information content (AvgIpc) is 3.11. The van der Waals surface area contributed by atoms with Gasteiger partial charge in [0.05, 0.1) is 11.7 Å². The molecule has 0 radical (unpaired) electrons. The maximum atomic E-state index is 13.1. The van der Waals surface area contributed by atoms with Crippen LogP contribution in [0, 0.1) is 6.92 Å². The molecule has 2 aromatic carbocycles. The number of hydrogen-bond acceptors (Lipinski definition) is 3. The number of ether oxygens (including phenoxy) is 1. The fraction of sp³-hybridized carbons (Fsp3) is 0.350. The number of rotatable bonds is 3. The van der Waals surface area contributed by atoms with Crippen molar-refractivity contribution in [3.05, 3.63) is 65.2 Å². The Labute approximate surface area is 142 Å². The molecule has 2 heterocycles. The molecule has 1 fully saturated rings. The molecule has 0 aliphatic carbocycles. The van der Waals surface area contributed by atoms with E-state index in [2.05, 4.69) is 36.5 Å². The fourth-order valence-electron chi connectivity index (χ4n) is 3.50. The van der Waals surface area contributed by atoms with Gasteiger partial charge in [0.2, 0.25) is 0 Å². The van der Waals surface area contributed by atoms with Crippen LogP contribution in [0.2, 0.25) is 0 Å². The maximum Gasteiger partial charge on any atom is 0.257 e. The Bertz CT molecular complexity index is 736. The van der Waals surface area contributed by atoms with Gasteiger partial charge < -0.3 is 15.0 Å². The number of hydrogen-bond donors (Lipinski definition) is 1. The summed E-state index contributed by atoms with van der Waals surface area (Å²) in [6.07, 6.45) is 2.07. The molecule has 24 heavy (non-hydrogen) atoms. The second kappa shape index (κ2) is 6.29. The summed E-state index contributed by atoms with van der Waals surface area (Å²) in [4.78, 5) is 15.0. The lowest BCUT2D eigenvalue weighted by Crippen LogP contribution is -2.46. The van der Waals surface area contributed by atoms with Crippen molar-refractivity contribution in [1.82, 2.24) is 4.90 Å². The summed E-state index contributed by atoms with van der Waals surface area (Å²) in [5, 5.41) is 3.54. The SMILES string of the molecule is Cc1ccc([C@@H]2Nc3ccccc3C(=O)N2C[C@H]2CCCO2)cc1. The smallest absolute Gasteiger partial charge is 0.257 e. The van der Waals surface area contributed by atoms with Crippen LogP contribution in [0.5, 0.6) is 0 Å². The third-order valence-electron chi connectivity index (χ3n) is 4.84. The Morgan fingerprint density at radius 3 is 2.71 bits per heavy atom. The fourth-order valence-corrected chi connectivity index (χ4v) is 3.50. The van der Waals surface area contributed by atoms with E-state index in [0.29, 0.717) is 6.54 Å². The number of carbonyl (C=O) groups is 1. The van der Waals surface area contributed by atoms with E-state index in [1.165, 1.54) is 5.56 Å². The Morgan fingerprint density at radius 1 is 1.17 bits per heavy atom. The molecular weight excluding hydrogens is 300 g/mol. The van der Waals surface area contributed by atoms with E-state index in [9.17, 15) is 4.79 Å². The van der Waals surface area contributed by atoms with Gasteiger partial charge in [-0.2, -0.15) is 0 Å². The van der Waals surface area contributed by atoms with Crippen LogP contribution in [0.4, 0.5) is 5.69 Å². The minimum Gasteiger partial charge on any atom is -0.376 e. The molecule has 2 atom stereocenters. The van der Waals surface area contributed by atoms with Crippen LogP contribution in [0.15, 0.2) is 48.5 Å². The van der Waals surface area contributed by atoms with Crippen LogP contribution in [0.3, 0.4) is 0 Å². The quantitative estimate of drug-likeness (QED) is 0.936. The summed E-state index contributed by atoms with van der Waals surface area (Å²) in [5.41, 5.74) is 3.95. The van der Waals surface area contributed by atoms with Gasteiger partial charge in [-0.15, -0.1) is 0 Å². The third-order valence-corrected chi connectivity index (χ3v) is 4.84. The number of aryl methyl sites for hydroxylation is 1. The Kier molecular flexibility index (Phi) is 3.98. The van der Waals surface area contributed by atoms with Crippen LogP contribution in [-0.4, -0.2) is 30.1 Å². The lowest BCUT2D eigenvalue weighted by molar-refractivity contribution is 0.0427. The topological polar surface area (TPSA) is 41.6 Å². The summed E-state index contributed by atoms with van der Waals surface area (Å²) in [6, 6.07) is 16.1. The van der Waals surface area contributed by atoms with Gasteiger partial charge in [-0.05, 0) is 37.5 Å². The second-order valence-corrected chi connectivity index (χ2v) is 6.60. The molecule has 0 unspecified atom stereocenters. The van der Waals surface area contributed by atoms with E-state index in [0.717, 1.165) is 36.3 Å². The predicted octanol–water partition coefficient (Wildman–Crippen LogP) is 3.74. The first kappa shape index (κ1) is 15.2. The van der Waals surface area contributed by atoms with Gasteiger partial charge in [-0.25, -0.2) is 0 Å². The van der Waals surface area contributed by atoms with E-state index in [4.69, 9.17) is 4.74 Å². The normalized spacial score (nSPS) is 23.0. The molecule has 0 aromatic heterocycles. The number of anilines is 1. The predicted molar refractivity (Wildman–Crippen MR) is 94.0 cm³/mol. The number of amides is 1. The zero-order valence-corrected chi connectivity index (χ0v) is 13.9. The van der Waals surface area contributed by atoms with Gasteiger partial charge in [0.15, 0.2) is 0 Å². The molecule has 2 aliphatic rings. The molecule has 2 aliphatic heterocycles. The number of benzene rings is 2. The summed E-state index contributed by atoms with van der Waals surface area (Å²) in [7, 11) is 0. The van der Waals surface area contributed by atoms with Crippen LogP contribution in [0.25, 0.3) is 0 Å². The third kappa shape index (κ3) is 2.78. The number of para-hydroxylation sites is 1. The summed E-state index contributed by atoms with van der Waals surface area (Å²) in [6.45, 7) is 3.49. The lowest BCUT2D eigenvalue weighted by Gasteiger charge is -2.39. The first-order valence-corrected chi connectivity index (χ1v) is 8.57. The summed E-state index contributed by atoms with van der Waals surface area (Å²) >= 11 is 0. The van der Waals surface area contributed by atoms with Gasteiger partial charge in [0, 0.05) is 18.8 Å². The number of nitrogens with one attached hydrogen (secondary N) is 1. The molecule has 2 aromatic rings. The van der Waals surface area contributed by atoms with Crippen molar-refractivity contribution in [3.8, 4) is 0 Å². The second-order valence-electron chi connectivity index (χ2n) is 6.60. The van der Waals surface area contributed by atoms with E-state index < -0.39 is 0 Å². The highest BCUT2D eigenvalue weighted by molar-refractivity contribution is 6.01. The number of fused-ring (bicyclic) bond motifs is 1. The van der Waals surface area contributed by atoms with Gasteiger partial charge in [0.1, 0.15) is 6.17 Å². The highest BCUT2D eigenvalue weighted by atomic mass is 16.5. The lowest BCUT2D eigenvalue weighted by atomic mass is 10.0. The minimum atomic E-state index is -0.155. The van der Waals surface area contributed by atoms with Crippen LogP contribution in [-0.2, 0) is 4.74 Å². The van der Waals surface area contributed by atoms with Crippen LogP contribution in [0.1, 0.15) is 40.5 Å². The Morgan fingerprint density at radius 2 is 1.96 bits per heavy atom. The highest BCUT2D eigenvalue weighted by Crippen LogP contribution is 2.34. The molecule has 0 bridgehead atoms.